The first kappa shape index (κ1) is 11.7. The average molecular weight is 259 g/mol. The first-order chi connectivity index (χ1) is 9.20. The van der Waals surface area contributed by atoms with Gasteiger partial charge in [0.15, 0.2) is 0 Å². The molecule has 0 fully saturated rings. The fourth-order valence-electron chi connectivity index (χ4n) is 2.23. The summed E-state index contributed by atoms with van der Waals surface area (Å²) in [6.07, 6.45) is 2.59. The molecule has 0 bridgehead atoms. The molecule has 19 heavy (non-hydrogen) atoms. The van der Waals surface area contributed by atoms with Gasteiger partial charge in [0.2, 0.25) is 0 Å². The van der Waals surface area contributed by atoms with Crippen LogP contribution in [0, 0.1) is 5.82 Å². The van der Waals surface area contributed by atoms with E-state index in [1.54, 1.807) is 12.3 Å². The molecule has 0 saturated carbocycles. The van der Waals surface area contributed by atoms with Gasteiger partial charge in [0, 0.05) is 12.6 Å². The molecule has 1 aromatic carbocycles. The molecule has 6 heteroatoms. The summed E-state index contributed by atoms with van der Waals surface area (Å²) in [4.78, 5) is 4.48. The Morgan fingerprint density at radius 2 is 2.26 bits per heavy atom. The van der Waals surface area contributed by atoms with Crippen LogP contribution in [0.2, 0.25) is 0 Å². The van der Waals surface area contributed by atoms with Gasteiger partial charge in [-0.25, -0.2) is 9.37 Å². The van der Waals surface area contributed by atoms with Crippen molar-refractivity contribution in [3.05, 3.63) is 30.2 Å². The molecule has 5 nitrogen and oxygen atoms in total. The lowest BCUT2D eigenvalue weighted by Crippen LogP contribution is -2.00. The molecule has 0 aliphatic rings. The molecular formula is C13H14FN5. The third kappa shape index (κ3) is 1.85. The SMILES string of the molecule is CCCn1c(-c2cn[nH]c2N)nc2cc(F)ccc21. The number of rotatable bonds is 3. The van der Waals surface area contributed by atoms with Gasteiger partial charge in [0.05, 0.1) is 22.8 Å². The number of nitrogens with zero attached hydrogens (tertiary/aromatic N) is 3. The van der Waals surface area contributed by atoms with Gasteiger partial charge < -0.3 is 10.3 Å². The van der Waals surface area contributed by atoms with E-state index < -0.39 is 0 Å². The van der Waals surface area contributed by atoms with Crippen LogP contribution >= 0.6 is 0 Å². The van der Waals surface area contributed by atoms with Gasteiger partial charge in [-0.2, -0.15) is 5.10 Å². The zero-order chi connectivity index (χ0) is 13.4. The monoisotopic (exact) mass is 259 g/mol. The molecule has 0 saturated heterocycles. The molecule has 3 aromatic rings. The lowest BCUT2D eigenvalue weighted by atomic mass is 10.3. The smallest absolute Gasteiger partial charge is 0.146 e. The maximum atomic E-state index is 13.3. The predicted octanol–water partition coefficient (Wildman–Crippen LogP) is 2.56. The van der Waals surface area contributed by atoms with Crippen molar-refractivity contribution in [3.63, 3.8) is 0 Å². The highest BCUT2D eigenvalue weighted by atomic mass is 19.1. The van der Waals surface area contributed by atoms with Crippen LogP contribution in [0.5, 0.6) is 0 Å². The molecular weight excluding hydrogens is 245 g/mol. The van der Waals surface area contributed by atoms with Crippen molar-refractivity contribution >= 4 is 16.9 Å². The summed E-state index contributed by atoms with van der Waals surface area (Å²) in [5.41, 5.74) is 8.12. The van der Waals surface area contributed by atoms with Gasteiger partial charge in [0.25, 0.3) is 0 Å². The van der Waals surface area contributed by atoms with Crippen molar-refractivity contribution in [1.82, 2.24) is 19.7 Å². The molecule has 98 valence electrons. The third-order valence-corrected chi connectivity index (χ3v) is 3.07. The molecule has 0 amide bonds. The Morgan fingerprint density at radius 1 is 1.42 bits per heavy atom. The lowest BCUT2D eigenvalue weighted by Gasteiger charge is -2.06. The van der Waals surface area contributed by atoms with Crippen molar-refractivity contribution in [3.8, 4) is 11.4 Å². The first-order valence-electron chi connectivity index (χ1n) is 6.15. The molecule has 0 aliphatic carbocycles. The topological polar surface area (TPSA) is 72.5 Å². The third-order valence-electron chi connectivity index (χ3n) is 3.07. The fourth-order valence-corrected chi connectivity index (χ4v) is 2.23. The second-order valence-electron chi connectivity index (χ2n) is 4.42. The van der Waals surface area contributed by atoms with Crippen LogP contribution in [0.25, 0.3) is 22.4 Å². The summed E-state index contributed by atoms with van der Waals surface area (Å²) in [7, 11) is 0. The van der Waals surface area contributed by atoms with Crippen LogP contribution in [0.3, 0.4) is 0 Å². The first-order valence-corrected chi connectivity index (χ1v) is 6.15. The van der Waals surface area contributed by atoms with Crippen LogP contribution in [0.4, 0.5) is 10.2 Å². The highest BCUT2D eigenvalue weighted by molar-refractivity contribution is 5.82. The van der Waals surface area contributed by atoms with Crippen molar-refractivity contribution in [1.29, 1.82) is 0 Å². The number of aromatic amines is 1. The molecule has 3 rings (SSSR count). The van der Waals surface area contributed by atoms with Crippen LogP contribution in [0.15, 0.2) is 24.4 Å². The van der Waals surface area contributed by atoms with Gasteiger partial charge in [-0.15, -0.1) is 0 Å². The normalized spacial score (nSPS) is 11.3. The number of halogens is 1. The summed E-state index contributed by atoms with van der Waals surface area (Å²) in [6, 6.07) is 4.62. The molecule has 0 radical (unpaired) electrons. The number of aryl methyl sites for hydroxylation is 1. The minimum absolute atomic E-state index is 0.291. The van der Waals surface area contributed by atoms with Crippen LogP contribution < -0.4 is 5.73 Å². The Hall–Kier alpha value is -2.37. The zero-order valence-electron chi connectivity index (χ0n) is 10.5. The number of hydrogen-bond donors (Lipinski definition) is 2. The van der Waals surface area contributed by atoms with E-state index in [1.807, 2.05) is 4.57 Å². The Kier molecular flexibility index (Phi) is 2.70. The van der Waals surface area contributed by atoms with Gasteiger partial charge >= 0.3 is 0 Å². The number of imidazole rings is 1. The number of hydrogen-bond acceptors (Lipinski definition) is 3. The van der Waals surface area contributed by atoms with Crippen molar-refractivity contribution in [2.45, 2.75) is 19.9 Å². The van der Waals surface area contributed by atoms with Crippen LogP contribution in [-0.2, 0) is 6.54 Å². The van der Waals surface area contributed by atoms with Crippen LogP contribution in [-0.4, -0.2) is 19.7 Å². The standard InChI is InChI=1S/C13H14FN5/c1-2-5-19-11-4-3-8(14)6-10(11)17-13(19)9-7-16-18-12(9)15/h3-4,6-7H,2,5H2,1H3,(H3,15,16,18). The predicted molar refractivity (Wildman–Crippen MR) is 72.0 cm³/mol. The van der Waals surface area contributed by atoms with Gasteiger partial charge in [0.1, 0.15) is 17.5 Å². The number of benzene rings is 1. The van der Waals surface area contributed by atoms with Gasteiger partial charge in [-0.1, -0.05) is 6.92 Å². The Bertz CT molecular complexity index is 728. The number of nitrogens with one attached hydrogen (secondary N) is 1. The Morgan fingerprint density at radius 3 is 2.95 bits per heavy atom. The zero-order valence-corrected chi connectivity index (χ0v) is 10.5. The van der Waals surface area contributed by atoms with Gasteiger partial charge in [-0.05, 0) is 18.6 Å². The number of anilines is 1. The minimum Gasteiger partial charge on any atom is -0.383 e. The molecule has 0 aliphatic heterocycles. The number of fused-ring (bicyclic) bond motifs is 1. The van der Waals surface area contributed by atoms with E-state index in [9.17, 15) is 4.39 Å². The summed E-state index contributed by atoms with van der Waals surface area (Å²) >= 11 is 0. The second-order valence-corrected chi connectivity index (χ2v) is 4.42. The summed E-state index contributed by atoms with van der Waals surface area (Å²) in [5, 5.41) is 6.60. The largest absolute Gasteiger partial charge is 0.383 e. The second kappa shape index (κ2) is 4.38. The molecule has 3 N–H and O–H groups in total. The summed E-state index contributed by atoms with van der Waals surface area (Å²) in [5.74, 6) is 0.891. The molecule has 2 heterocycles. The fraction of sp³-hybridized carbons (Fsp3) is 0.231. The molecule has 0 atom stereocenters. The average Bonchev–Trinajstić information content (AvgIpc) is 2.94. The van der Waals surface area contributed by atoms with Crippen molar-refractivity contribution < 1.29 is 4.39 Å². The van der Waals surface area contributed by atoms with E-state index in [0.29, 0.717) is 17.2 Å². The number of aromatic nitrogens is 4. The van der Waals surface area contributed by atoms with Crippen molar-refractivity contribution in [2.75, 3.05) is 5.73 Å². The molecule has 0 unspecified atom stereocenters. The highest BCUT2D eigenvalue weighted by Crippen LogP contribution is 2.28. The Balaban J connectivity index is 2.28. The Labute approximate surface area is 109 Å². The minimum atomic E-state index is -0.291. The van der Waals surface area contributed by atoms with E-state index in [0.717, 1.165) is 24.0 Å². The lowest BCUT2D eigenvalue weighted by molar-refractivity contribution is 0.629. The molecule has 2 aromatic heterocycles. The quantitative estimate of drug-likeness (QED) is 0.759. The van der Waals surface area contributed by atoms with Crippen molar-refractivity contribution in [2.24, 2.45) is 0 Å². The number of nitrogens with two attached hydrogens (primary N) is 1. The van der Waals surface area contributed by atoms with E-state index in [-0.39, 0.29) is 5.82 Å². The van der Waals surface area contributed by atoms with E-state index in [1.165, 1.54) is 12.1 Å². The van der Waals surface area contributed by atoms with E-state index in [2.05, 4.69) is 22.1 Å². The maximum Gasteiger partial charge on any atom is 0.146 e. The summed E-state index contributed by atoms with van der Waals surface area (Å²) < 4.78 is 15.3. The maximum absolute atomic E-state index is 13.3. The van der Waals surface area contributed by atoms with E-state index in [4.69, 9.17) is 5.73 Å². The van der Waals surface area contributed by atoms with E-state index >= 15 is 0 Å². The highest BCUT2D eigenvalue weighted by Gasteiger charge is 2.15. The van der Waals surface area contributed by atoms with Gasteiger partial charge in [-0.3, -0.25) is 5.10 Å². The number of H-pyrrole nitrogens is 1. The van der Waals surface area contributed by atoms with Crippen LogP contribution in [0.1, 0.15) is 13.3 Å². The number of nitrogen functional groups attached to an aromatic ring is 1. The molecule has 0 spiro atoms. The summed E-state index contributed by atoms with van der Waals surface area (Å²) in [6.45, 7) is 2.87.